The summed E-state index contributed by atoms with van der Waals surface area (Å²) in [6, 6.07) is 0. The molecule has 2 aliphatic rings. The molecule has 0 spiro atoms. The number of thioether (sulfide) groups is 1. The van der Waals surface area contributed by atoms with Crippen molar-refractivity contribution in [2.45, 2.75) is 36.1 Å². The highest BCUT2D eigenvalue weighted by atomic mass is 32.2. The number of aliphatic hydroxyl groups is 3. The van der Waals surface area contributed by atoms with Crippen LogP contribution in [0.25, 0.3) is 11.0 Å². The van der Waals surface area contributed by atoms with Crippen LogP contribution in [0.1, 0.15) is 13.2 Å². The summed E-state index contributed by atoms with van der Waals surface area (Å²) in [6.45, 7) is 1.08. The van der Waals surface area contributed by atoms with Gasteiger partial charge in [0, 0.05) is 6.20 Å². The van der Waals surface area contributed by atoms with Crippen molar-refractivity contribution in [2.75, 3.05) is 30.0 Å². The fourth-order valence-electron chi connectivity index (χ4n) is 3.37. The molecule has 4 rings (SSSR count). The van der Waals surface area contributed by atoms with Gasteiger partial charge in [0.05, 0.1) is 24.2 Å². The molecule has 1 amide bonds. The van der Waals surface area contributed by atoms with Gasteiger partial charge in [-0.05, 0) is 13.2 Å². The predicted octanol–water partition coefficient (Wildman–Crippen LogP) is -0.481. The molecule has 140 valence electrons. The van der Waals surface area contributed by atoms with Crippen molar-refractivity contribution in [1.82, 2.24) is 14.5 Å². The van der Waals surface area contributed by atoms with Crippen LogP contribution < -0.4 is 10.6 Å². The van der Waals surface area contributed by atoms with Gasteiger partial charge in [0.2, 0.25) is 5.91 Å². The summed E-state index contributed by atoms with van der Waals surface area (Å²) in [7, 11) is 0. The van der Waals surface area contributed by atoms with E-state index in [0.717, 1.165) is 0 Å². The molecule has 26 heavy (non-hydrogen) atoms. The zero-order valence-corrected chi connectivity index (χ0v) is 14.9. The van der Waals surface area contributed by atoms with Gasteiger partial charge in [-0.3, -0.25) is 4.79 Å². The summed E-state index contributed by atoms with van der Waals surface area (Å²) in [5.41, 5.74) is -0.734. The molecule has 2 aromatic heterocycles. The van der Waals surface area contributed by atoms with Gasteiger partial charge in [-0.15, -0.1) is 0 Å². The van der Waals surface area contributed by atoms with Crippen molar-refractivity contribution in [1.29, 1.82) is 0 Å². The number of anilines is 2. The maximum Gasteiger partial charge on any atom is 0.243 e. The standard InChI is InChI=1S/C15H19N5O5S/c1-15(24)10(23)7(5-21)25-13(15)20-4-6-9-11(16-3-8(22)17-6)18-14(26-2)19-12(9)20/h4,7,10,13,21,23-24H,3,5H2,1-2H3,(H,17,22)(H,16,18,19)/t7-,10-,13?,15-/m1/s1. The number of aromatic nitrogens is 3. The number of hydrogen-bond acceptors (Lipinski definition) is 9. The van der Waals surface area contributed by atoms with E-state index in [0.29, 0.717) is 27.7 Å². The zero-order valence-electron chi connectivity index (χ0n) is 14.1. The molecule has 2 aromatic rings. The van der Waals surface area contributed by atoms with E-state index in [4.69, 9.17) is 4.74 Å². The maximum absolute atomic E-state index is 12.0. The van der Waals surface area contributed by atoms with Crippen molar-refractivity contribution < 1.29 is 24.9 Å². The Morgan fingerprint density at radius 2 is 2.27 bits per heavy atom. The van der Waals surface area contributed by atoms with Crippen molar-refractivity contribution in [3.8, 4) is 0 Å². The molecule has 4 atom stereocenters. The highest BCUT2D eigenvalue weighted by molar-refractivity contribution is 7.98. The number of amides is 1. The van der Waals surface area contributed by atoms with Crippen LogP contribution in [0.3, 0.4) is 0 Å². The molecule has 0 bridgehead atoms. The first kappa shape index (κ1) is 17.5. The van der Waals surface area contributed by atoms with Crippen LogP contribution >= 0.6 is 11.8 Å². The fraction of sp³-hybridized carbons (Fsp3) is 0.533. The van der Waals surface area contributed by atoms with Gasteiger partial charge < -0.3 is 35.3 Å². The van der Waals surface area contributed by atoms with E-state index in [1.54, 1.807) is 10.8 Å². The molecule has 0 aromatic carbocycles. The lowest BCUT2D eigenvalue weighted by Crippen LogP contribution is -2.44. The lowest BCUT2D eigenvalue weighted by molar-refractivity contribution is -0.114. The van der Waals surface area contributed by atoms with E-state index < -0.39 is 30.6 Å². The van der Waals surface area contributed by atoms with Crippen LogP contribution in [0.2, 0.25) is 0 Å². The monoisotopic (exact) mass is 381 g/mol. The Hall–Kier alpha value is -1.92. The first-order chi connectivity index (χ1) is 12.4. The predicted molar refractivity (Wildman–Crippen MR) is 94.1 cm³/mol. The summed E-state index contributed by atoms with van der Waals surface area (Å²) in [6.07, 6.45) is 0.220. The number of hydrogen-bond donors (Lipinski definition) is 5. The number of aliphatic hydroxyl groups excluding tert-OH is 2. The smallest absolute Gasteiger partial charge is 0.243 e. The molecule has 1 fully saturated rings. The molecule has 1 unspecified atom stereocenters. The fourth-order valence-corrected chi connectivity index (χ4v) is 3.73. The van der Waals surface area contributed by atoms with Crippen LogP contribution in [0.5, 0.6) is 0 Å². The lowest BCUT2D eigenvalue weighted by atomic mass is 9.96. The Labute approximate surface area is 152 Å². The van der Waals surface area contributed by atoms with Crippen LogP contribution in [-0.2, 0) is 9.53 Å². The third kappa shape index (κ3) is 2.47. The Balaban J connectivity index is 1.93. The number of ether oxygens (including phenoxy) is 1. The van der Waals surface area contributed by atoms with Gasteiger partial charge >= 0.3 is 0 Å². The van der Waals surface area contributed by atoms with Crippen molar-refractivity contribution >= 4 is 40.2 Å². The molecule has 5 N–H and O–H groups in total. The molecule has 1 saturated heterocycles. The minimum Gasteiger partial charge on any atom is -0.394 e. The largest absolute Gasteiger partial charge is 0.394 e. The second-order valence-corrected chi connectivity index (χ2v) is 7.26. The van der Waals surface area contributed by atoms with Crippen LogP contribution in [0.4, 0.5) is 11.5 Å². The Bertz CT molecular complexity index is 885. The van der Waals surface area contributed by atoms with E-state index in [2.05, 4.69) is 20.6 Å². The number of nitrogens with one attached hydrogen (secondary N) is 2. The van der Waals surface area contributed by atoms with E-state index >= 15 is 0 Å². The highest BCUT2D eigenvalue weighted by Crippen LogP contribution is 2.43. The third-order valence-electron chi connectivity index (χ3n) is 4.71. The van der Waals surface area contributed by atoms with Crippen LogP contribution in [0, 0.1) is 0 Å². The molecule has 4 heterocycles. The van der Waals surface area contributed by atoms with E-state index in [1.807, 2.05) is 6.26 Å². The highest BCUT2D eigenvalue weighted by Gasteiger charge is 2.53. The molecular formula is C15H19N5O5S. The third-order valence-corrected chi connectivity index (χ3v) is 5.26. The molecule has 10 nitrogen and oxygen atoms in total. The van der Waals surface area contributed by atoms with Gasteiger partial charge in [-0.2, -0.15) is 0 Å². The SMILES string of the molecule is CSc1nc2c3c(cn(C4O[C@H](CO)[C@@H](O)[C@@]4(C)O)c3n1)NC(=O)CN2. The first-order valence-electron chi connectivity index (χ1n) is 8.04. The molecule has 0 radical (unpaired) electrons. The van der Waals surface area contributed by atoms with E-state index in [1.165, 1.54) is 18.7 Å². The van der Waals surface area contributed by atoms with Crippen LogP contribution in [0.15, 0.2) is 11.4 Å². The lowest BCUT2D eigenvalue weighted by Gasteiger charge is -2.27. The number of carbonyl (C=O) groups is 1. The van der Waals surface area contributed by atoms with E-state index in [9.17, 15) is 20.1 Å². The molecule has 0 saturated carbocycles. The summed E-state index contributed by atoms with van der Waals surface area (Å²) in [5.74, 6) is 0.267. The quantitative estimate of drug-likeness (QED) is 0.352. The maximum atomic E-state index is 12.0. The minimum absolute atomic E-state index is 0.0809. The van der Waals surface area contributed by atoms with Gasteiger partial charge in [0.1, 0.15) is 23.6 Å². The molecule has 0 aliphatic carbocycles. The summed E-state index contributed by atoms with van der Waals surface area (Å²) in [5, 5.41) is 37.3. The van der Waals surface area contributed by atoms with Gasteiger partial charge in [-0.1, -0.05) is 11.8 Å². The number of rotatable bonds is 3. The second kappa shape index (κ2) is 6.06. The average molecular weight is 381 g/mol. The first-order valence-corrected chi connectivity index (χ1v) is 9.26. The normalized spacial score (nSPS) is 31.0. The second-order valence-electron chi connectivity index (χ2n) is 6.49. The molecular weight excluding hydrogens is 362 g/mol. The summed E-state index contributed by atoms with van der Waals surface area (Å²) >= 11 is 1.34. The topological polar surface area (TPSA) is 142 Å². The molecule has 11 heteroatoms. The summed E-state index contributed by atoms with van der Waals surface area (Å²) < 4.78 is 7.25. The van der Waals surface area contributed by atoms with Crippen molar-refractivity contribution in [3.05, 3.63) is 6.20 Å². The van der Waals surface area contributed by atoms with Crippen molar-refractivity contribution in [2.24, 2.45) is 0 Å². The van der Waals surface area contributed by atoms with Crippen LogP contribution in [-0.4, -0.2) is 73.0 Å². The number of nitrogens with zero attached hydrogens (tertiary/aromatic N) is 3. The minimum atomic E-state index is -1.66. The van der Waals surface area contributed by atoms with E-state index in [-0.39, 0.29) is 12.5 Å². The summed E-state index contributed by atoms with van der Waals surface area (Å²) in [4.78, 5) is 20.9. The molecule has 2 aliphatic heterocycles. The Kier molecular flexibility index (Phi) is 4.08. The zero-order chi connectivity index (χ0) is 18.6. The Morgan fingerprint density at radius 1 is 1.50 bits per heavy atom. The van der Waals surface area contributed by atoms with Crippen molar-refractivity contribution in [3.63, 3.8) is 0 Å². The Morgan fingerprint density at radius 3 is 2.92 bits per heavy atom. The average Bonchev–Trinajstić information content (AvgIpc) is 3.01. The van der Waals surface area contributed by atoms with Gasteiger partial charge in [0.15, 0.2) is 17.0 Å². The van der Waals surface area contributed by atoms with Gasteiger partial charge in [0.25, 0.3) is 0 Å². The van der Waals surface area contributed by atoms with Gasteiger partial charge in [-0.25, -0.2) is 9.97 Å². The number of carbonyl (C=O) groups excluding carboxylic acids is 1.